The third-order valence-corrected chi connectivity index (χ3v) is 3.59. The maximum Gasteiger partial charge on any atom is 0.271 e. The highest BCUT2D eigenvalue weighted by atomic mass is 35.5. The SMILES string of the molecule is CC(N)=NCCCCc1ccc(O)cc1.NC(=O)c1nc(Cl)c(N)nc1N. The van der Waals surface area contributed by atoms with Crippen LogP contribution in [0.4, 0.5) is 11.6 Å². The van der Waals surface area contributed by atoms with Crippen molar-refractivity contribution in [2.75, 3.05) is 18.0 Å². The Labute approximate surface area is 162 Å². The van der Waals surface area contributed by atoms with Crippen molar-refractivity contribution in [1.29, 1.82) is 0 Å². The molecule has 10 heteroatoms. The van der Waals surface area contributed by atoms with Gasteiger partial charge in [0.05, 0.1) is 5.84 Å². The van der Waals surface area contributed by atoms with Crippen molar-refractivity contribution < 1.29 is 9.90 Å². The highest BCUT2D eigenvalue weighted by Gasteiger charge is 2.11. The van der Waals surface area contributed by atoms with Crippen LogP contribution >= 0.6 is 11.6 Å². The number of phenolic OH excluding ortho intramolecular Hbond substituents is 1. The fraction of sp³-hybridized carbons (Fsp3) is 0.294. The van der Waals surface area contributed by atoms with Crippen LogP contribution in [0.5, 0.6) is 5.75 Å². The van der Waals surface area contributed by atoms with Gasteiger partial charge >= 0.3 is 0 Å². The molecule has 0 aliphatic rings. The number of primary amides is 1. The van der Waals surface area contributed by atoms with Crippen LogP contribution in [0, 0.1) is 0 Å². The number of amides is 1. The van der Waals surface area contributed by atoms with Crippen LogP contribution in [0.15, 0.2) is 29.3 Å². The second-order valence-electron chi connectivity index (χ2n) is 5.64. The summed E-state index contributed by atoms with van der Waals surface area (Å²) in [5.74, 6) is 0.0345. The van der Waals surface area contributed by atoms with E-state index < -0.39 is 5.91 Å². The van der Waals surface area contributed by atoms with Crippen LogP contribution in [0.2, 0.25) is 5.15 Å². The van der Waals surface area contributed by atoms with E-state index in [0.717, 1.165) is 25.8 Å². The number of hydrogen-bond acceptors (Lipinski definition) is 7. The minimum absolute atomic E-state index is 0.0285. The van der Waals surface area contributed by atoms with E-state index in [9.17, 15) is 4.79 Å². The molecule has 0 saturated carbocycles. The van der Waals surface area contributed by atoms with Crippen molar-refractivity contribution >= 4 is 35.0 Å². The van der Waals surface area contributed by atoms with Crippen LogP contribution in [0.3, 0.4) is 0 Å². The molecule has 0 fully saturated rings. The summed E-state index contributed by atoms with van der Waals surface area (Å²) >= 11 is 5.47. The third-order valence-electron chi connectivity index (χ3n) is 3.31. The topological polar surface area (TPSA) is 180 Å². The van der Waals surface area contributed by atoms with E-state index in [2.05, 4.69) is 15.0 Å². The summed E-state index contributed by atoms with van der Waals surface area (Å²) in [5, 5.41) is 9.01. The van der Waals surface area contributed by atoms with E-state index >= 15 is 0 Å². The lowest BCUT2D eigenvalue weighted by molar-refractivity contribution is 0.0996. The van der Waals surface area contributed by atoms with Crippen LogP contribution < -0.4 is 22.9 Å². The van der Waals surface area contributed by atoms with E-state index in [0.29, 0.717) is 11.6 Å². The number of halogens is 1. The zero-order valence-corrected chi connectivity index (χ0v) is 15.8. The van der Waals surface area contributed by atoms with Crippen molar-refractivity contribution in [2.24, 2.45) is 16.5 Å². The number of rotatable bonds is 6. The second-order valence-corrected chi connectivity index (χ2v) is 6.00. The van der Waals surface area contributed by atoms with Crippen LogP contribution in [0.25, 0.3) is 0 Å². The molecule has 0 aliphatic heterocycles. The number of aliphatic imine (C=N–C) groups is 1. The summed E-state index contributed by atoms with van der Waals surface area (Å²) in [4.78, 5) is 21.9. The average molecular weight is 394 g/mol. The number of nitrogens with two attached hydrogens (primary N) is 4. The zero-order chi connectivity index (χ0) is 20.4. The predicted molar refractivity (Wildman–Crippen MR) is 108 cm³/mol. The molecule has 0 bridgehead atoms. The Morgan fingerprint density at radius 1 is 1.11 bits per heavy atom. The number of carbonyl (C=O) groups is 1. The molecule has 0 radical (unpaired) electrons. The highest BCUT2D eigenvalue weighted by Crippen LogP contribution is 2.16. The molecule has 1 aromatic carbocycles. The summed E-state index contributed by atoms with van der Waals surface area (Å²) in [7, 11) is 0. The van der Waals surface area contributed by atoms with Crippen LogP contribution in [-0.2, 0) is 6.42 Å². The van der Waals surface area contributed by atoms with Gasteiger partial charge in [0.15, 0.2) is 22.5 Å². The van der Waals surface area contributed by atoms with Gasteiger partial charge in [-0.2, -0.15) is 0 Å². The van der Waals surface area contributed by atoms with E-state index in [-0.39, 0.29) is 22.5 Å². The highest BCUT2D eigenvalue weighted by molar-refractivity contribution is 6.31. The maximum absolute atomic E-state index is 10.6. The summed E-state index contributed by atoms with van der Waals surface area (Å²) in [6, 6.07) is 7.34. The molecule has 0 spiro atoms. The molecule has 0 saturated heterocycles. The van der Waals surface area contributed by atoms with Crippen molar-refractivity contribution in [3.63, 3.8) is 0 Å². The molecule has 1 aromatic heterocycles. The summed E-state index contributed by atoms with van der Waals surface area (Å²) in [5.41, 5.74) is 21.9. The molecule has 2 aromatic rings. The number of phenols is 1. The molecule has 1 amide bonds. The molecule has 146 valence electrons. The Bertz CT molecular complexity index is 791. The van der Waals surface area contributed by atoms with Gasteiger partial charge in [-0.25, -0.2) is 9.97 Å². The Morgan fingerprint density at radius 3 is 2.30 bits per heavy atom. The lowest BCUT2D eigenvalue weighted by atomic mass is 10.1. The Balaban J connectivity index is 0.000000277. The summed E-state index contributed by atoms with van der Waals surface area (Å²) in [6.45, 7) is 2.61. The molecule has 9 N–H and O–H groups in total. The van der Waals surface area contributed by atoms with Crippen molar-refractivity contribution in [3.05, 3.63) is 40.7 Å². The number of anilines is 2. The van der Waals surface area contributed by atoms with Gasteiger partial charge in [-0.05, 0) is 43.9 Å². The van der Waals surface area contributed by atoms with Crippen molar-refractivity contribution in [1.82, 2.24) is 9.97 Å². The van der Waals surface area contributed by atoms with Gasteiger partial charge in [0.1, 0.15) is 5.75 Å². The van der Waals surface area contributed by atoms with E-state index in [1.165, 1.54) is 5.56 Å². The molecule has 0 atom stereocenters. The minimum Gasteiger partial charge on any atom is -0.508 e. The minimum atomic E-state index is -0.790. The number of unbranched alkanes of at least 4 members (excludes halogenated alkanes) is 1. The molecule has 9 nitrogen and oxygen atoms in total. The molecule has 2 rings (SSSR count). The molecular formula is C17H24ClN7O2. The smallest absolute Gasteiger partial charge is 0.271 e. The first-order chi connectivity index (χ1) is 12.7. The quantitative estimate of drug-likeness (QED) is 0.280. The molecule has 0 unspecified atom stereocenters. The fourth-order valence-corrected chi connectivity index (χ4v) is 2.11. The number of aromatic hydroxyl groups is 1. The van der Waals surface area contributed by atoms with Gasteiger partial charge in [0, 0.05) is 6.54 Å². The Kier molecular flexibility index (Phi) is 8.80. The number of aryl methyl sites for hydroxylation is 1. The number of hydrogen-bond donors (Lipinski definition) is 5. The maximum atomic E-state index is 10.6. The van der Waals surface area contributed by atoms with E-state index in [1.807, 2.05) is 12.1 Å². The normalized spacial score (nSPS) is 10.8. The lowest BCUT2D eigenvalue weighted by Crippen LogP contribution is -2.17. The number of nitrogen functional groups attached to an aromatic ring is 2. The van der Waals surface area contributed by atoms with Gasteiger partial charge in [-0.1, -0.05) is 23.7 Å². The number of aromatic nitrogens is 2. The third kappa shape index (κ3) is 8.23. The molecule has 1 heterocycles. The zero-order valence-electron chi connectivity index (χ0n) is 15.0. The van der Waals surface area contributed by atoms with Crippen molar-refractivity contribution in [3.8, 4) is 5.75 Å². The summed E-state index contributed by atoms with van der Waals surface area (Å²) < 4.78 is 0. The van der Waals surface area contributed by atoms with Gasteiger partial charge < -0.3 is 28.0 Å². The van der Waals surface area contributed by atoms with Gasteiger partial charge in [-0.3, -0.25) is 9.79 Å². The van der Waals surface area contributed by atoms with Crippen molar-refractivity contribution in [2.45, 2.75) is 26.2 Å². The average Bonchev–Trinajstić information content (AvgIpc) is 2.59. The van der Waals surface area contributed by atoms with Gasteiger partial charge in [0.2, 0.25) is 0 Å². The second kappa shape index (κ2) is 10.8. The van der Waals surface area contributed by atoms with E-state index in [4.69, 9.17) is 39.6 Å². The summed E-state index contributed by atoms with van der Waals surface area (Å²) in [6.07, 6.45) is 3.18. The Morgan fingerprint density at radius 2 is 1.74 bits per heavy atom. The monoisotopic (exact) mass is 393 g/mol. The first-order valence-corrected chi connectivity index (χ1v) is 8.51. The van der Waals surface area contributed by atoms with Gasteiger partial charge in [-0.15, -0.1) is 0 Å². The predicted octanol–water partition coefficient (Wildman–Crippen LogP) is 1.49. The number of carbonyl (C=O) groups excluding carboxylic acids is 1. The standard InChI is InChI=1S/C12H18N2O.C5H6ClN5O/c1-10(13)14-9-3-2-4-11-5-7-12(15)8-6-11;6-2-4(8)11-3(7)1(10-2)5(9)12/h5-8,15H,2-4,9H2,1H3,(H2,13,14);(H2,9,12)(H4,7,8,11). The Hall–Kier alpha value is -3.07. The van der Waals surface area contributed by atoms with Crippen LogP contribution in [0.1, 0.15) is 35.8 Å². The van der Waals surface area contributed by atoms with Gasteiger partial charge in [0.25, 0.3) is 5.91 Å². The first kappa shape index (κ1) is 22.0. The number of amidine groups is 1. The van der Waals surface area contributed by atoms with Crippen LogP contribution in [-0.4, -0.2) is 33.4 Å². The fourth-order valence-electron chi connectivity index (χ4n) is 1.98. The number of nitrogens with zero attached hydrogens (tertiary/aromatic N) is 3. The van der Waals surface area contributed by atoms with E-state index in [1.54, 1.807) is 19.1 Å². The number of benzene rings is 1. The lowest BCUT2D eigenvalue weighted by Gasteiger charge is -2.01. The largest absolute Gasteiger partial charge is 0.508 e. The molecule has 0 aliphatic carbocycles. The molecular weight excluding hydrogens is 370 g/mol. The molecule has 27 heavy (non-hydrogen) atoms. The first-order valence-electron chi connectivity index (χ1n) is 8.13.